The van der Waals surface area contributed by atoms with Crippen molar-refractivity contribution in [1.29, 1.82) is 0 Å². The van der Waals surface area contributed by atoms with Crippen molar-refractivity contribution in [3.8, 4) is 0 Å². The summed E-state index contributed by atoms with van der Waals surface area (Å²) in [6.45, 7) is 5.75. The van der Waals surface area contributed by atoms with Crippen LogP contribution in [-0.2, 0) is 5.62 Å². The van der Waals surface area contributed by atoms with Gasteiger partial charge in [0.25, 0.3) is 0 Å². The van der Waals surface area contributed by atoms with Crippen molar-refractivity contribution in [2.24, 2.45) is 0 Å². The highest BCUT2D eigenvalue weighted by atomic mass is 16.3. The lowest BCUT2D eigenvalue weighted by atomic mass is 9.92. The highest BCUT2D eigenvalue weighted by Gasteiger charge is 2.20. The molecule has 0 aliphatic carbocycles. The second-order valence-electron chi connectivity index (χ2n) is 3.71. The van der Waals surface area contributed by atoms with Crippen LogP contribution < -0.4 is 0 Å². The van der Waals surface area contributed by atoms with Gasteiger partial charge in [-0.3, -0.25) is 4.57 Å². The molecule has 66 valence electrons. The van der Waals surface area contributed by atoms with Gasteiger partial charge in [-0.15, -0.1) is 10.2 Å². The van der Waals surface area contributed by atoms with Crippen molar-refractivity contribution in [3.05, 3.63) is 12.2 Å². The first-order valence-electron chi connectivity index (χ1n) is 4.05. The van der Waals surface area contributed by atoms with Crippen LogP contribution in [0.2, 0.25) is 0 Å². The Morgan fingerprint density at radius 2 is 2.25 bits per heavy atom. The van der Waals surface area contributed by atoms with E-state index in [-0.39, 0.29) is 5.92 Å². The van der Waals surface area contributed by atoms with Gasteiger partial charge in [-0.1, -0.05) is 13.8 Å². The van der Waals surface area contributed by atoms with Crippen molar-refractivity contribution >= 4 is 7.85 Å². The van der Waals surface area contributed by atoms with Gasteiger partial charge in [-0.2, -0.15) is 0 Å². The van der Waals surface area contributed by atoms with Gasteiger partial charge in [-0.25, -0.2) is 0 Å². The third-order valence-corrected chi connectivity index (χ3v) is 1.68. The summed E-state index contributed by atoms with van der Waals surface area (Å²) in [6.07, 6.45) is 1.55. The summed E-state index contributed by atoms with van der Waals surface area (Å²) in [5, 5.41) is 17.4. The maximum Gasteiger partial charge on any atom is 0.169 e. The number of rotatable bonds is 2. The van der Waals surface area contributed by atoms with Crippen LogP contribution >= 0.6 is 0 Å². The van der Waals surface area contributed by atoms with E-state index in [1.165, 1.54) is 0 Å². The second kappa shape index (κ2) is 2.90. The lowest BCUT2D eigenvalue weighted by Gasteiger charge is -2.22. The van der Waals surface area contributed by atoms with Crippen LogP contribution in [0.5, 0.6) is 0 Å². The predicted molar refractivity (Wildman–Crippen MR) is 48.5 cm³/mol. The van der Waals surface area contributed by atoms with Crippen LogP contribution in [0, 0.1) is 0 Å². The molecule has 4 nitrogen and oxygen atoms in total. The largest absolute Gasteiger partial charge is 0.379 e. The molecule has 0 amide bonds. The number of nitrogens with zero attached hydrogens (tertiary/aromatic N) is 3. The van der Waals surface area contributed by atoms with Gasteiger partial charge in [0, 0.05) is 5.92 Å². The SMILES string of the molecule is BC(C)(O)n1cnnc1C(C)C. The monoisotopic (exact) mass is 167 g/mol. The Morgan fingerprint density at radius 1 is 1.67 bits per heavy atom. The van der Waals surface area contributed by atoms with E-state index in [1.54, 1.807) is 25.7 Å². The van der Waals surface area contributed by atoms with Gasteiger partial charge in [0.15, 0.2) is 7.85 Å². The molecule has 5 heteroatoms. The molecule has 1 unspecified atom stereocenters. The van der Waals surface area contributed by atoms with Gasteiger partial charge in [0.1, 0.15) is 17.8 Å². The molecule has 0 aliphatic rings. The van der Waals surface area contributed by atoms with Crippen LogP contribution in [0.4, 0.5) is 0 Å². The maximum absolute atomic E-state index is 9.69. The summed E-state index contributed by atoms with van der Waals surface area (Å²) in [5.74, 6) is 1.08. The minimum Gasteiger partial charge on any atom is -0.379 e. The smallest absolute Gasteiger partial charge is 0.169 e. The fraction of sp³-hybridized carbons (Fsp3) is 0.714. The second-order valence-corrected chi connectivity index (χ2v) is 3.71. The lowest BCUT2D eigenvalue weighted by molar-refractivity contribution is 0.0681. The summed E-state index contributed by atoms with van der Waals surface area (Å²) in [4.78, 5) is 0. The van der Waals surface area contributed by atoms with E-state index in [1.807, 2.05) is 13.8 Å². The third-order valence-electron chi connectivity index (χ3n) is 1.68. The first-order valence-corrected chi connectivity index (χ1v) is 4.05. The molecule has 0 aliphatic heterocycles. The van der Waals surface area contributed by atoms with Gasteiger partial charge in [-0.05, 0) is 6.92 Å². The Hall–Kier alpha value is -0.835. The van der Waals surface area contributed by atoms with Crippen molar-refractivity contribution < 1.29 is 5.11 Å². The van der Waals surface area contributed by atoms with E-state index in [4.69, 9.17) is 0 Å². The average molecular weight is 167 g/mol. The molecule has 0 fully saturated rings. The van der Waals surface area contributed by atoms with Crippen LogP contribution in [0.3, 0.4) is 0 Å². The summed E-state index contributed by atoms with van der Waals surface area (Å²) >= 11 is 0. The highest BCUT2D eigenvalue weighted by Crippen LogP contribution is 2.16. The van der Waals surface area contributed by atoms with Crippen LogP contribution in [-0.4, -0.2) is 27.7 Å². The first kappa shape index (κ1) is 9.25. The molecule has 0 saturated carbocycles. The van der Waals surface area contributed by atoms with E-state index in [0.29, 0.717) is 0 Å². The molecule has 1 heterocycles. The zero-order valence-electron chi connectivity index (χ0n) is 7.94. The Kier molecular flexibility index (Phi) is 2.23. The van der Waals surface area contributed by atoms with Crippen LogP contribution in [0.15, 0.2) is 6.33 Å². The molecule has 1 rings (SSSR count). The van der Waals surface area contributed by atoms with E-state index in [2.05, 4.69) is 10.2 Å². The molecular weight excluding hydrogens is 153 g/mol. The van der Waals surface area contributed by atoms with Crippen molar-refractivity contribution in [2.45, 2.75) is 32.3 Å². The molecule has 0 bridgehead atoms. The van der Waals surface area contributed by atoms with Crippen LogP contribution in [0.25, 0.3) is 0 Å². The summed E-state index contributed by atoms with van der Waals surface area (Å²) in [5.41, 5.74) is -0.914. The van der Waals surface area contributed by atoms with Crippen molar-refractivity contribution in [3.63, 3.8) is 0 Å². The summed E-state index contributed by atoms with van der Waals surface area (Å²) in [7, 11) is 1.71. The minimum absolute atomic E-state index is 0.277. The predicted octanol–water partition coefficient (Wildman–Crippen LogP) is -0.343. The Balaban J connectivity index is 3.08. The van der Waals surface area contributed by atoms with Crippen molar-refractivity contribution in [1.82, 2.24) is 14.8 Å². The molecule has 1 N–H and O–H groups in total. The Morgan fingerprint density at radius 3 is 2.58 bits per heavy atom. The molecule has 0 aromatic carbocycles. The number of hydrogen-bond acceptors (Lipinski definition) is 3. The molecule has 12 heavy (non-hydrogen) atoms. The molecule has 1 atom stereocenters. The van der Waals surface area contributed by atoms with E-state index >= 15 is 0 Å². The average Bonchev–Trinajstić information content (AvgIpc) is 2.30. The van der Waals surface area contributed by atoms with Gasteiger partial charge in [0.05, 0.1) is 0 Å². The molecular formula is C7H14BN3O. The zero-order valence-corrected chi connectivity index (χ0v) is 7.94. The fourth-order valence-corrected chi connectivity index (χ4v) is 1.06. The molecule has 0 spiro atoms. The minimum atomic E-state index is -0.914. The van der Waals surface area contributed by atoms with Gasteiger partial charge in [0.2, 0.25) is 0 Å². The van der Waals surface area contributed by atoms with Gasteiger partial charge >= 0.3 is 0 Å². The number of aromatic nitrogens is 3. The summed E-state index contributed by atoms with van der Waals surface area (Å²) < 4.78 is 1.68. The normalized spacial score (nSPS) is 16.4. The molecule has 1 aromatic heterocycles. The Bertz CT molecular complexity index is 264. The Labute approximate surface area is 73.0 Å². The first-order chi connectivity index (χ1) is 5.43. The van der Waals surface area contributed by atoms with E-state index in [9.17, 15) is 5.11 Å². The maximum atomic E-state index is 9.69. The van der Waals surface area contributed by atoms with E-state index in [0.717, 1.165) is 5.82 Å². The molecule has 1 aromatic rings. The summed E-state index contributed by atoms with van der Waals surface area (Å²) in [6, 6.07) is 0. The number of aliphatic hydroxyl groups is 1. The lowest BCUT2D eigenvalue weighted by Crippen LogP contribution is -2.31. The molecule has 0 saturated heterocycles. The zero-order chi connectivity index (χ0) is 9.35. The van der Waals surface area contributed by atoms with Crippen LogP contribution in [0.1, 0.15) is 32.5 Å². The quantitative estimate of drug-likeness (QED) is 0.613. The molecule has 0 radical (unpaired) electrons. The standard InChI is InChI=1S/C7H14BN3O/c1-5(2)6-10-9-4-11(6)7(3,8)12/h4-5,12H,8H2,1-3H3. The topological polar surface area (TPSA) is 50.9 Å². The van der Waals surface area contributed by atoms with Crippen molar-refractivity contribution in [2.75, 3.05) is 0 Å². The van der Waals surface area contributed by atoms with E-state index < -0.39 is 5.62 Å². The fourth-order valence-electron chi connectivity index (χ4n) is 1.06. The highest BCUT2D eigenvalue weighted by molar-refractivity contribution is 6.12. The van der Waals surface area contributed by atoms with Gasteiger partial charge < -0.3 is 5.11 Å². The number of hydrogen-bond donors (Lipinski definition) is 1. The third kappa shape index (κ3) is 1.66.